The van der Waals surface area contributed by atoms with Crippen LogP contribution in [0, 0.1) is 0 Å². The lowest BCUT2D eigenvalue weighted by Gasteiger charge is -2.28. The van der Waals surface area contributed by atoms with Crippen LogP contribution in [0.2, 0.25) is 0 Å². The van der Waals surface area contributed by atoms with E-state index < -0.39 is 10.2 Å². The van der Waals surface area contributed by atoms with E-state index in [1.165, 1.54) is 4.31 Å². The van der Waals surface area contributed by atoms with Gasteiger partial charge >= 0.3 is 10.2 Å². The molecule has 0 saturated carbocycles. The Kier molecular flexibility index (Phi) is 1.96. The van der Waals surface area contributed by atoms with Gasteiger partial charge in [0.15, 0.2) is 0 Å². The van der Waals surface area contributed by atoms with Crippen molar-refractivity contribution in [2.45, 2.75) is 26.3 Å². The first kappa shape index (κ1) is 9.54. The summed E-state index contributed by atoms with van der Waals surface area (Å²) in [4.78, 5) is 0. The lowest BCUT2D eigenvalue weighted by molar-refractivity contribution is 0.277. The normalized spacial score (nSPS) is 24.1. The quantitative estimate of drug-likeness (QED) is 0.603. The highest BCUT2D eigenvalue weighted by molar-refractivity contribution is 7.87. The summed E-state index contributed by atoms with van der Waals surface area (Å²) in [5, 5.41) is 0. The van der Waals surface area contributed by atoms with Crippen molar-refractivity contribution in [1.82, 2.24) is 9.03 Å². The molecule has 70 valence electrons. The van der Waals surface area contributed by atoms with Crippen molar-refractivity contribution in [3.8, 4) is 0 Å². The van der Waals surface area contributed by atoms with Crippen LogP contribution in [0.5, 0.6) is 0 Å². The van der Waals surface area contributed by atoms with Gasteiger partial charge in [-0.05, 0) is 20.8 Å². The van der Waals surface area contributed by atoms with Crippen LogP contribution in [0.4, 0.5) is 0 Å². The van der Waals surface area contributed by atoms with E-state index in [-0.39, 0.29) is 5.54 Å². The summed E-state index contributed by atoms with van der Waals surface area (Å²) in [5.74, 6) is 0. The Labute approximate surface area is 73.4 Å². The molecule has 1 N–H and O–H groups in total. The van der Waals surface area contributed by atoms with Crippen molar-refractivity contribution < 1.29 is 8.42 Å². The highest BCUT2D eigenvalue weighted by atomic mass is 32.2. The van der Waals surface area contributed by atoms with Crippen LogP contribution >= 0.6 is 0 Å². The van der Waals surface area contributed by atoms with Crippen LogP contribution in [0.15, 0.2) is 12.3 Å². The molecule has 4 nitrogen and oxygen atoms in total. The second kappa shape index (κ2) is 2.47. The summed E-state index contributed by atoms with van der Waals surface area (Å²) in [5.41, 5.74) is 0.149. The molecule has 1 heterocycles. The number of nitrogens with one attached hydrogen (secondary N) is 1. The summed E-state index contributed by atoms with van der Waals surface area (Å²) < 4.78 is 26.5. The van der Waals surface area contributed by atoms with Crippen LogP contribution < -0.4 is 4.72 Å². The molecule has 0 aliphatic carbocycles. The molecule has 5 heteroatoms. The van der Waals surface area contributed by atoms with Crippen molar-refractivity contribution in [1.29, 1.82) is 0 Å². The predicted molar refractivity (Wildman–Crippen MR) is 47.7 cm³/mol. The van der Waals surface area contributed by atoms with Gasteiger partial charge in [0.2, 0.25) is 0 Å². The lowest BCUT2D eigenvalue weighted by Crippen LogP contribution is -2.43. The molecule has 12 heavy (non-hydrogen) atoms. The van der Waals surface area contributed by atoms with Gasteiger partial charge in [0.05, 0.1) is 6.54 Å². The Balaban J connectivity index is 3.02. The fourth-order valence-corrected chi connectivity index (χ4v) is 2.71. The first-order valence-corrected chi connectivity index (χ1v) is 5.16. The van der Waals surface area contributed by atoms with Crippen molar-refractivity contribution >= 4 is 10.2 Å². The van der Waals surface area contributed by atoms with E-state index in [1.54, 1.807) is 0 Å². The van der Waals surface area contributed by atoms with Crippen LogP contribution in [0.3, 0.4) is 0 Å². The van der Waals surface area contributed by atoms with Crippen LogP contribution in [0.1, 0.15) is 20.8 Å². The molecule has 0 aromatic carbocycles. The molecule has 0 bridgehead atoms. The van der Waals surface area contributed by atoms with E-state index >= 15 is 0 Å². The zero-order valence-corrected chi connectivity index (χ0v) is 8.40. The molecule has 1 saturated heterocycles. The number of hydrogen-bond donors (Lipinski definition) is 1. The van der Waals surface area contributed by atoms with Gasteiger partial charge in [0.25, 0.3) is 0 Å². The largest absolute Gasteiger partial charge is 0.302 e. The third-order valence-corrected chi connectivity index (χ3v) is 3.45. The minimum absolute atomic E-state index is 0.367. The molecule has 0 aromatic rings. The van der Waals surface area contributed by atoms with E-state index in [2.05, 4.69) is 11.3 Å². The molecule has 0 radical (unpaired) electrons. The van der Waals surface area contributed by atoms with E-state index in [1.807, 2.05) is 20.8 Å². The highest BCUT2D eigenvalue weighted by Crippen LogP contribution is 2.22. The number of hydrogen-bond acceptors (Lipinski definition) is 2. The third-order valence-electron chi connectivity index (χ3n) is 1.65. The zero-order chi connectivity index (χ0) is 9.57. The molecular weight excluding hydrogens is 176 g/mol. The average molecular weight is 190 g/mol. The molecule has 0 atom stereocenters. The fraction of sp³-hybridized carbons (Fsp3) is 0.714. The monoisotopic (exact) mass is 190 g/mol. The van der Waals surface area contributed by atoms with Crippen LogP contribution in [0.25, 0.3) is 0 Å². The Morgan fingerprint density at radius 2 is 2.00 bits per heavy atom. The molecule has 0 unspecified atom stereocenters. The molecule has 0 spiro atoms. The van der Waals surface area contributed by atoms with Crippen molar-refractivity contribution in [3.63, 3.8) is 0 Å². The van der Waals surface area contributed by atoms with Gasteiger partial charge < -0.3 is 0 Å². The minimum Gasteiger partial charge on any atom is -0.274 e. The Hall–Kier alpha value is -0.550. The third kappa shape index (κ3) is 1.61. The van der Waals surface area contributed by atoms with Gasteiger partial charge in [0.1, 0.15) is 0 Å². The maximum absolute atomic E-state index is 11.4. The van der Waals surface area contributed by atoms with Gasteiger partial charge in [-0.2, -0.15) is 12.7 Å². The van der Waals surface area contributed by atoms with E-state index in [0.717, 1.165) is 0 Å². The minimum atomic E-state index is -3.31. The first-order chi connectivity index (χ1) is 5.23. The summed E-state index contributed by atoms with van der Waals surface area (Å²) >= 11 is 0. The first-order valence-electron chi connectivity index (χ1n) is 3.72. The van der Waals surface area contributed by atoms with Gasteiger partial charge in [-0.3, -0.25) is 4.72 Å². The highest BCUT2D eigenvalue weighted by Gasteiger charge is 2.38. The molecule has 1 aliphatic heterocycles. The maximum Gasteiger partial charge on any atom is 0.302 e. The second-order valence-electron chi connectivity index (χ2n) is 3.89. The van der Waals surface area contributed by atoms with Crippen LogP contribution in [-0.4, -0.2) is 24.8 Å². The van der Waals surface area contributed by atoms with Gasteiger partial charge in [-0.1, -0.05) is 6.58 Å². The Morgan fingerprint density at radius 3 is 2.17 bits per heavy atom. The number of nitrogens with zero attached hydrogens (tertiary/aromatic N) is 1. The van der Waals surface area contributed by atoms with Crippen LogP contribution in [-0.2, 0) is 10.2 Å². The van der Waals surface area contributed by atoms with Gasteiger partial charge in [-0.15, -0.1) is 0 Å². The predicted octanol–water partition coefficient (Wildman–Crippen LogP) is 0.449. The summed E-state index contributed by atoms with van der Waals surface area (Å²) in [6.45, 7) is 9.50. The maximum atomic E-state index is 11.4. The average Bonchev–Trinajstić information content (AvgIpc) is 2.02. The smallest absolute Gasteiger partial charge is 0.274 e. The molecule has 0 amide bonds. The standard InChI is InChI=1S/C7H14N2O2S/c1-6-5-9(7(2,3)4)12(10,11)8-6/h8H,1,5H2,2-4H3. The summed E-state index contributed by atoms with van der Waals surface area (Å²) in [6, 6.07) is 0. The Bertz CT molecular complexity index is 300. The molecular formula is C7H14N2O2S. The summed E-state index contributed by atoms with van der Waals surface area (Å²) in [7, 11) is -3.31. The van der Waals surface area contributed by atoms with Crippen molar-refractivity contribution in [2.75, 3.05) is 6.54 Å². The second-order valence-corrected chi connectivity index (χ2v) is 5.48. The molecule has 1 rings (SSSR count). The molecule has 1 fully saturated rings. The zero-order valence-electron chi connectivity index (χ0n) is 7.59. The molecule has 0 aromatic heterocycles. The fourth-order valence-electron chi connectivity index (χ4n) is 1.13. The SMILES string of the molecule is C=C1CN(C(C)(C)C)S(=O)(=O)N1. The topological polar surface area (TPSA) is 49.4 Å². The number of rotatable bonds is 0. The van der Waals surface area contributed by atoms with Gasteiger partial charge in [-0.25, -0.2) is 0 Å². The van der Waals surface area contributed by atoms with E-state index in [4.69, 9.17) is 0 Å². The van der Waals surface area contributed by atoms with Crippen molar-refractivity contribution in [3.05, 3.63) is 12.3 Å². The van der Waals surface area contributed by atoms with Gasteiger partial charge in [0, 0.05) is 11.2 Å². The van der Waals surface area contributed by atoms with E-state index in [0.29, 0.717) is 12.2 Å². The summed E-state index contributed by atoms with van der Waals surface area (Å²) in [6.07, 6.45) is 0. The Morgan fingerprint density at radius 1 is 1.50 bits per heavy atom. The molecule has 1 aliphatic rings. The lowest BCUT2D eigenvalue weighted by atomic mass is 10.1. The van der Waals surface area contributed by atoms with Crippen molar-refractivity contribution in [2.24, 2.45) is 0 Å². The van der Waals surface area contributed by atoms with E-state index in [9.17, 15) is 8.42 Å².